The zero-order valence-electron chi connectivity index (χ0n) is 11.7. The van der Waals surface area contributed by atoms with Gasteiger partial charge in [-0.15, -0.1) is 0 Å². The zero-order valence-corrected chi connectivity index (χ0v) is 12.7. The summed E-state index contributed by atoms with van der Waals surface area (Å²) in [6.07, 6.45) is -0.537. The minimum atomic E-state index is -2.52. The summed E-state index contributed by atoms with van der Waals surface area (Å²) < 4.78 is 20.4. The lowest BCUT2D eigenvalue weighted by molar-refractivity contribution is 0.119. The van der Waals surface area contributed by atoms with Gasteiger partial charge in [-0.2, -0.15) is 0 Å². The van der Waals surface area contributed by atoms with E-state index in [0.717, 1.165) is 0 Å². The van der Waals surface area contributed by atoms with E-state index in [-0.39, 0.29) is 13.2 Å². The quantitative estimate of drug-likeness (QED) is 0.338. The number of nitrogens with one attached hydrogen (secondary N) is 2. The first-order valence-electron chi connectivity index (χ1n) is 6.01. The Morgan fingerprint density at radius 2 is 1.74 bits per heavy atom. The lowest BCUT2D eigenvalue weighted by atomic mass is 10.6. The van der Waals surface area contributed by atoms with Gasteiger partial charge in [0.15, 0.2) is 0 Å². The Morgan fingerprint density at radius 1 is 1.11 bits per heavy atom. The van der Waals surface area contributed by atoms with Crippen LogP contribution < -0.4 is 10.6 Å². The standard InChI is InChI=1S/C10H24N2O6Si/c1-15-19(16-2,17-3)9-6-11-4-5-12-10(14)18-8-7-13/h11,13H,4-9H2,1-3H3,(H,12,14). The number of hydrogen-bond donors (Lipinski definition) is 3. The number of carbonyl (C=O) groups is 1. The largest absolute Gasteiger partial charge is 0.501 e. The van der Waals surface area contributed by atoms with Gasteiger partial charge in [-0.3, -0.25) is 0 Å². The zero-order chi connectivity index (χ0) is 14.6. The van der Waals surface area contributed by atoms with Gasteiger partial charge in [0.05, 0.1) is 6.61 Å². The highest BCUT2D eigenvalue weighted by Gasteiger charge is 2.36. The Kier molecular flexibility index (Phi) is 10.7. The van der Waals surface area contributed by atoms with E-state index in [2.05, 4.69) is 15.4 Å². The van der Waals surface area contributed by atoms with Crippen molar-refractivity contribution in [3.8, 4) is 0 Å². The molecule has 0 aliphatic carbocycles. The molecule has 0 spiro atoms. The molecule has 0 aromatic heterocycles. The van der Waals surface area contributed by atoms with Gasteiger partial charge >= 0.3 is 14.9 Å². The molecule has 19 heavy (non-hydrogen) atoms. The van der Waals surface area contributed by atoms with E-state index in [9.17, 15) is 4.79 Å². The van der Waals surface area contributed by atoms with E-state index < -0.39 is 14.9 Å². The van der Waals surface area contributed by atoms with Crippen LogP contribution in [0.25, 0.3) is 0 Å². The normalized spacial score (nSPS) is 11.4. The second-order valence-electron chi connectivity index (χ2n) is 3.58. The van der Waals surface area contributed by atoms with Gasteiger partial charge < -0.3 is 33.8 Å². The molecule has 0 heterocycles. The molecule has 3 N–H and O–H groups in total. The van der Waals surface area contributed by atoms with Crippen LogP contribution in [0.4, 0.5) is 4.79 Å². The third-order valence-corrected chi connectivity index (χ3v) is 5.16. The molecule has 0 aromatic carbocycles. The second kappa shape index (κ2) is 11.1. The molecule has 0 unspecified atom stereocenters. The van der Waals surface area contributed by atoms with Crippen molar-refractivity contribution in [2.24, 2.45) is 0 Å². The maximum absolute atomic E-state index is 11.0. The van der Waals surface area contributed by atoms with Crippen LogP contribution in [0.1, 0.15) is 0 Å². The number of aliphatic hydroxyl groups is 1. The van der Waals surface area contributed by atoms with Crippen molar-refractivity contribution < 1.29 is 27.9 Å². The molecule has 0 saturated heterocycles. The molecule has 0 radical (unpaired) electrons. The number of amides is 1. The molecule has 0 bridgehead atoms. The number of rotatable bonds is 11. The molecule has 0 rings (SSSR count). The number of ether oxygens (including phenoxy) is 1. The number of carbonyl (C=O) groups excluding carboxylic acids is 1. The molecule has 0 saturated carbocycles. The van der Waals surface area contributed by atoms with Crippen LogP contribution >= 0.6 is 0 Å². The van der Waals surface area contributed by atoms with Crippen LogP contribution in [0.5, 0.6) is 0 Å². The van der Waals surface area contributed by atoms with Crippen LogP contribution in [0, 0.1) is 0 Å². The van der Waals surface area contributed by atoms with E-state index in [1.165, 1.54) is 0 Å². The van der Waals surface area contributed by atoms with Crippen molar-refractivity contribution in [2.75, 3.05) is 54.2 Å². The Hall–Kier alpha value is -0.713. The summed E-state index contributed by atoms with van der Waals surface area (Å²) in [6.45, 7) is 1.52. The summed E-state index contributed by atoms with van der Waals surface area (Å²) >= 11 is 0. The maximum atomic E-state index is 11.0. The third-order valence-electron chi connectivity index (χ3n) is 2.44. The molecule has 0 aromatic rings. The minimum Gasteiger partial charge on any atom is -0.447 e. The summed E-state index contributed by atoms with van der Waals surface area (Å²) in [4.78, 5) is 11.0. The predicted molar refractivity (Wildman–Crippen MR) is 70.9 cm³/mol. The Morgan fingerprint density at radius 3 is 2.26 bits per heavy atom. The summed E-state index contributed by atoms with van der Waals surface area (Å²) in [5, 5.41) is 14.1. The van der Waals surface area contributed by atoms with Gasteiger partial charge in [0, 0.05) is 40.5 Å². The van der Waals surface area contributed by atoms with Gasteiger partial charge in [-0.1, -0.05) is 0 Å². The average molecular weight is 296 g/mol. The van der Waals surface area contributed by atoms with Crippen LogP contribution in [-0.4, -0.2) is 74.2 Å². The SMILES string of the molecule is CO[Si](CCNCCNC(=O)OCCO)(OC)OC. The van der Waals surface area contributed by atoms with Crippen molar-refractivity contribution in [1.29, 1.82) is 0 Å². The first kappa shape index (κ1) is 18.3. The summed E-state index contributed by atoms with van der Waals surface area (Å²) in [5.74, 6) is 0. The molecular weight excluding hydrogens is 272 g/mol. The highest BCUT2D eigenvalue weighted by molar-refractivity contribution is 6.60. The topological polar surface area (TPSA) is 98.3 Å². The average Bonchev–Trinajstić information content (AvgIpc) is 2.45. The van der Waals surface area contributed by atoms with E-state index in [1.807, 2.05) is 0 Å². The fourth-order valence-corrected chi connectivity index (χ4v) is 2.96. The van der Waals surface area contributed by atoms with Crippen molar-refractivity contribution in [1.82, 2.24) is 10.6 Å². The number of alkyl carbamates (subject to hydrolysis) is 1. The van der Waals surface area contributed by atoms with E-state index in [1.54, 1.807) is 21.3 Å². The van der Waals surface area contributed by atoms with Crippen LogP contribution in [0.2, 0.25) is 6.04 Å². The van der Waals surface area contributed by atoms with E-state index in [0.29, 0.717) is 25.7 Å². The Balaban J connectivity index is 3.56. The van der Waals surface area contributed by atoms with Crippen molar-refractivity contribution in [2.45, 2.75) is 6.04 Å². The molecule has 0 atom stereocenters. The fraction of sp³-hybridized carbons (Fsp3) is 0.900. The number of aliphatic hydroxyl groups excluding tert-OH is 1. The van der Waals surface area contributed by atoms with Gasteiger partial charge in [0.25, 0.3) is 0 Å². The molecule has 8 nitrogen and oxygen atoms in total. The van der Waals surface area contributed by atoms with Crippen molar-refractivity contribution in [3.05, 3.63) is 0 Å². The monoisotopic (exact) mass is 296 g/mol. The molecule has 0 fully saturated rings. The smallest absolute Gasteiger partial charge is 0.447 e. The minimum absolute atomic E-state index is 0.00288. The van der Waals surface area contributed by atoms with Crippen molar-refractivity contribution in [3.63, 3.8) is 0 Å². The summed E-state index contributed by atoms with van der Waals surface area (Å²) in [6, 6.07) is 0.644. The summed E-state index contributed by atoms with van der Waals surface area (Å²) in [7, 11) is 2.18. The van der Waals surface area contributed by atoms with E-state index >= 15 is 0 Å². The molecule has 1 amide bonds. The number of hydrogen-bond acceptors (Lipinski definition) is 7. The van der Waals surface area contributed by atoms with Gasteiger partial charge in [-0.05, 0) is 6.54 Å². The molecule has 114 valence electrons. The molecular formula is C10H24N2O6Si. The fourth-order valence-electron chi connectivity index (χ4n) is 1.36. The Labute approximate surface area is 114 Å². The van der Waals surface area contributed by atoms with Crippen LogP contribution in [-0.2, 0) is 18.0 Å². The maximum Gasteiger partial charge on any atom is 0.501 e. The Bertz CT molecular complexity index is 232. The van der Waals surface area contributed by atoms with E-state index in [4.69, 9.17) is 18.4 Å². The molecule has 0 aliphatic heterocycles. The van der Waals surface area contributed by atoms with Crippen LogP contribution in [0.3, 0.4) is 0 Å². The van der Waals surface area contributed by atoms with Gasteiger partial charge in [0.2, 0.25) is 0 Å². The highest BCUT2D eigenvalue weighted by atomic mass is 28.4. The van der Waals surface area contributed by atoms with Crippen LogP contribution in [0.15, 0.2) is 0 Å². The lowest BCUT2D eigenvalue weighted by Gasteiger charge is -2.24. The van der Waals surface area contributed by atoms with Gasteiger partial charge in [0.1, 0.15) is 6.61 Å². The lowest BCUT2D eigenvalue weighted by Crippen LogP contribution is -2.45. The second-order valence-corrected chi connectivity index (χ2v) is 6.67. The third kappa shape index (κ3) is 8.13. The first-order valence-corrected chi connectivity index (χ1v) is 7.95. The molecule has 9 heteroatoms. The van der Waals surface area contributed by atoms with Gasteiger partial charge in [-0.25, -0.2) is 4.79 Å². The molecule has 0 aliphatic rings. The summed E-state index contributed by atoms with van der Waals surface area (Å²) in [5.41, 5.74) is 0. The first-order chi connectivity index (χ1) is 9.14. The predicted octanol–water partition coefficient (Wildman–Crippen LogP) is -0.827. The van der Waals surface area contributed by atoms with Crippen molar-refractivity contribution >= 4 is 14.9 Å². The highest BCUT2D eigenvalue weighted by Crippen LogP contribution is 2.10.